The van der Waals surface area contributed by atoms with E-state index in [9.17, 15) is 0 Å². The first-order valence-corrected chi connectivity index (χ1v) is 9.71. The monoisotopic (exact) mass is 353 g/mol. The van der Waals surface area contributed by atoms with Crippen molar-refractivity contribution in [3.8, 4) is 0 Å². The van der Waals surface area contributed by atoms with Crippen molar-refractivity contribution < 1.29 is 0 Å². The van der Waals surface area contributed by atoms with Gasteiger partial charge < -0.3 is 15.2 Å². The van der Waals surface area contributed by atoms with Crippen LogP contribution in [-0.2, 0) is 18.5 Å². The number of hydrogen-bond donors (Lipinski definition) is 2. The Kier molecular flexibility index (Phi) is 5.96. The summed E-state index contributed by atoms with van der Waals surface area (Å²) in [5.74, 6) is 2.48. The highest BCUT2D eigenvalue weighted by molar-refractivity contribution is 5.79. The van der Waals surface area contributed by atoms with Gasteiger partial charge in [-0.15, -0.1) is 0 Å². The molecular formula is C21H31N5. The summed E-state index contributed by atoms with van der Waals surface area (Å²) < 4.78 is 2.20. The smallest absolute Gasteiger partial charge is 0.191 e. The summed E-state index contributed by atoms with van der Waals surface area (Å²) >= 11 is 0. The van der Waals surface area contributed by atoms with Crippen molar-refractivity contribution in [3.63, 3.8) is 0 Å². The second-order valence-corrected chi connectivity index (χ2v) is 7.58. The van der Waals surface area contributed by atoms with Gasteiger partial charge in [0.05, 0.1) is 0 Å². The summed E-state index contributed by atoms with van der Waals surface area (Å²) in [7, 11) is 0. The van der Waals surface area contributed by atoms with E-state index in [1.54, 1.807) is 0 Å². The third kappa shape index (κ3) is 4.65. The van der Waals surface area contributed by atoms with Crippen molar-refractivity contribution in [2.45, 2.75) is 52.1 Å². The third-order valence-corrected chi connectivity index (χ3v) is 4.92. The van der Waals surface area contributed by atoms with Gasteiger partial charge in [0, 0.05) is 37.4 Å². The van der Waals surface area contributed by atoms with Crippen LogP contribution in [0.15, 0.2) is 47.7 Å². The van der Waals surface area contributed by atoms with Crippen LogP contribution < -0.4 is 10.6 Å². The molecule has 0 radical (unpaired) electrons. The van der Waals surface area contributed by atoms with Crippen molar-refractivity contribution in [1.82, 2.24) is 20.2 Å². The molecule has 5 heteroatoms. The zero-order valence-electron chi connectivity index (χ0n) is 16.2. The van der Waals surface area contributed by atoms with E-state index in [-0.39, 0.29) is 5.41 Å². The average molecular weight is 354 g/mol. The molecule has 0 atom stereocenters. The number of hydrogen-bond acceptors (Lipinski definition) is 2. The molecule has 1 heterocycles. The number of nitrogens with zero attached hydrogens (tertiary/aromatic N) is 3. The number of benzene rings is 1. The van der Waals surface area contributed by atoms with Crippen LogP contribution in [0.3, 0.4) is 0 Å². The third-order valence-electron chi connectivity index (χ3n) is 4.92. The number of aliphatic imine (C=N–C) groups is 1. The van der Waals surface area contributed by atoms with Gasteiger partial charge >= 0.3 is 0 Å². The molecule has 1 aromatic carbocycles. The molecule has 1 fully saturated rings. The molecule has 3 rings (SSSR count). The van der Waals surface area contributed by atoms with Crippen LogP contribution in [0, 0.1) is 5.92 Å². The van der Waals surface area contributed by atoms with Gasteiger partial charge in [0.2, 0.25) is 0 Å². The summed E-state index contributed by atoms with van der Waals surface area (Å²) in [6.07, 6.45) is 6.38. The molecule has 26 heavy (non-hydrogen) atoms. The Bertz CT molecular complexity index is 713. The maximum absolute atomic E-state index is 4.76. The summed E-state index contributed by atoms with van der Waals surface area (Å²) in [5.41, 5.74) is 1.70. The molecular weight excluding hydrogens is 322 g/mol. The van der Waals surface area contributed by atoms with Gasteiger partial charge in [-0.1, -0.05) is 44.2 Å². The van der Waals surface area contributed by atoms with Gasteiger partial charge in [-0.2, -0.15) is 0 Å². The van der Waals surface area contributed by atoms with E-state index in [4.69, 9.17) is 4.99 Å². The standard InChI is InChI=1S/C21H31N5/c1-4-22-20(24-14-19-23-12-13-26(19)15-17(2)3)25-16-21(10-11-21)18-8-6-5-7-9-18/h5-9,12-13,17H,4,10-11,14-16H2,1-3H3,(H2,22,24,25). The summed E-state index contributed by atoms with van der Waals surface area (Å²) in [6.45, 7) is 9.88. The zero-order chi connectivity index (χ0) is 18.4. The molecule has 0 bridgehead atoms. The Hall–Kier alpha value is -2.30. The summed E-state index contributed by atoms with van der Waals surface area (Å²) in [4.78, 5) is 9.23. The lowest BCUT2D eigenvalue weighted by molar-refractivity contribution is 0.507. The fourth-order valence-corrected chi connectivity index (χ4v) is 3.31. The molecule has 1 saturated carbocycles. The lowest BCUT2D eigenvalue weighted by Gasteiger charge is -2.19. The first kappa shape index (κ1) is 18.5. The molecule has 0 unspecified atom stereocenters. The Morgan fingerprint density at radius 2 is 2.00 bits per heavy atom. The Morgan fingerprint density at radius 3 is 2.65 bits per heavy atom. The van der Waals surface area contributed by atoms with Gasteiger partial charge in [0.1, 0.15) is 12.4 Å². The van der Waals surface area contributed by atoms with Crippen molar-refractivity contribution in [2.24, 2.45) is 10.9 Å². The number of rotatable bonds is 8. The van der Waals surface area contributed by atoms with Crippen LogP contribution in [0.2, 0.25) is 0 Å². The van der Waals surface area contributed by atoms with E-state index in [1.165, 1.54) is 18.4 Å². The second-order valence-electron chi connectivity index (χ2n) is 7.58. The largest absolute Gasteiger partial charge is 0.357 e. The SMILES string of the molecule is CCNC(=NCc1nccn1CC(C)C)NCC1(c2ccccc2)CC1. The number of nitrogens with one attached hydrogen (secondary N) is 2. The fourth-order valence-electron chi connectivity index (χ4n) is 3.31. The summed E-state index contributed by atoms with van der Waals surface area (Å²) in [5, 5.41) is 6.91. The molecule has 2 N–H and O–H groups in total. The predicted molar refractivity (Wildman–Crippen MR) is 107 cm³/mol. The summed E-state index contributed by atoms with van der Waals surface area (Å²) in [6, 6.07) is 10.8. The van der Waals surface area contributed by atoms with Crippen molar-refractivity contribution in [3.05, 3.63) is 54.1 Å². The number of aromatic nitrogens is 2. The molecule has 0 amide bonds. The van der Waals surface area contributed by atoms with Crippen LogP contribution in [-0.4, -0.2) is 28.6 Å². The molecule has 0 aliphatic heterocycles. The Balaban J connectivity index is 1.62. The molecule has 140 valence electrons. The fraction of sp³-hybridized carbons (Fsp3) is 0.524. The maximum atomic E-state index is 4.76. The lowest BCUT2D eigenvalue weighted by atomic mass is 9.96. The Morgan fingerprint density at radius 1 is 1.23 bits per heavy atom. The van der Waals surface area contributed by atoms with E-state index in [0.29, 0.717) is 12.5 Å². The lowest BCUT2D eigenvalue weighted by Crippen LogP contribution is -2.41. The van der Waals surface area contributed by atoms with Gasteiger partial charge in [-0.05, 0) is 31.2 Å². The molecule has 2 aromatic rings. The van der Waals surface area contributed by atoms with Gasteiger partial charge in [0.25, 0.3) is 0 Å². The average Bonchev–Trinajstić information content (AvgIpc) is 3.31. The van der Waals surface area contributed by atoms with Crippen molar-refractivity contribution in [1.29, 1.82) is 0 Å². The number of guanidine groups is 1. The van der Waals surface area contributed by atoms with E-state index in [2.05, 4.69) is 71.3 Å². The number of imidazole rings is 1. The molecule has 5 nitrogen and oxygen atoms in total. The quantitative estimate of drug-likeness (QED) is 0.565. The first-order chi connectivity index (χ1) is 12.6. The first-order valence-electron chi connectivity index (χ1n) is 9.71. The van der Waals surface area contributed by atoms with Gasteiger partial charge in [-0.25, -0.2) is 9.98 Å². The minimum atomic E-state index is 0.271. The van der Waals surface area contributed by atoms with Crippen LogP contribution in [0.4, 0.5) is 0 Å². The predicted octanol–water partition coefficient (Wildman–Crippen LogP) is 3.33. The topological polar surface area (TPSA) is 54.2 Å². The van der Waals surface area contributed by atoms with E-state index >= 15 is 0 Å². The highest BCUT2D eigenvalue weighted by Crippen LogP contribution is 2.47. The van der Waals surface area contributed by atoms with Crippen LogP contribution in [0.25, 0.3) is 0 Å². The van der Waals surface area contributed by atoms with Crippen LogP contribution >= 0.6 is 0 Å². The highest BCUT2D eigenvalue weighted by atomic mass is 15.2. The van der Waals surface area contributed by atoms with Crippen LogP contribution in [0.1, 0.15) is 45.0 Å². The molecule has 0 saturated heterocycles. The molecule has 1 aliphatic carbocycles. The highest BCUT2D eigenvalue weighted by Gasteiger charge is 2.43. The van der Waals surface area contributed by atoms with Gasteiger partial charge in [0.15, 0.2) is 5.96 Å². The Labute approximate surface area is 156 Å². The second kappa shape index (κ2) is 8.39. The zero-order valence-corrected chi connectivity index (χ0v) is 16.2. The molecule has 1 aromatic heterocycles. The molecule has 0 spiro atoms. The maximum Gasteiger partial charge on any atom is 0.191 e. The molecule has 1 aliphatic rings. The van der Waals surface area contributed by atoms with E-state index < -0.39 is 0 Å². The van der Waals surface area contributed by atoms with Crippen molar-refractivity contribution >= 4 is 5.96 Å². The van der Waals surface area contributed by atoms with E-state index in [1.807, 2.05) is 12.4 Å². The normalized spacial score (nSPS) is 15.9. The van der Waals surface area contributed by atoms with Crippen LogP contribution in [0.5, 0.6) is 0 Å². The van der Waals surface area contributed by atoms with E-state index in [0.717, 1.165) is 31.4 Å². The van der Waals surface area contributed by atoms with Crippen molar-refractivity contribution in [2.75, 3.05) is 13.1 Å². The minimum absolute atomic E-state index is 0.271. The minimum Gasteiger partial charge on any atom is -0.357 e. The van der Waals surface area contributed by atoms with Gasteiger partial charge in [-0.3, -0.25) is 0 Å².